The fourth-order valence-corrected chi connectivity index (χ4v) is 3.35. The van der Waals surface area contributed by atoms with Crippen molar-refractivity contribution in [2.45, 2.75) is 18.9 Å². The van der Waals surface area contributed by atoms with Crippen LogP contribution in [0.2, 0.25) is 0 Å². The van der Waals surface area contributed by atoms with E-state index in [1.165, 1.54) is 0 Å². The van der Waals surface area contributed by atoms with Crippen LogP contribution in [0.4, 0.5) is 0 Å². The molecule has 0 radical (unpaired) electrons. The van der Waals surface area contributed by atoms with Gasteiger partial charge in [0.2, 0.25) is 11.8 Å². The topological polar surface area (TPSA) is 61.9 Å². The maximum atomic E-state index is 12.7. The first kappa shape index (κ1) is 15.8. The summed E-state index contributed by atoms with van der Waals surface area (Å²) in [6.07, 6.45) is 1.41. The van der Waals surface area contributed by atoms with Gasteiger partial charge in [-0.2, -0.15) is 0 Å². The van der Waals surface area contributed by atoms with Crippen LogP contribution in [-0.2, 0) is 9.59 Å². The Morgan fingerprint density at radius 2 is 2.17 bits per heavy atom. The maximum absolute atomic E-state index is 12.7. The van der Waals surface area contributed by atoms with Crippen molar-refractivity contribution in [1.29, 1.82) is 0 Å². The van der Waals surface area contributed by atoms with Crippen LogP contribution in [0, 0.1) is 0 Å². The number of likely N-dealkylation sites (tertiary alicyclic amines) is 1. The van der Waals surface area contributed by atoms with Gasteiger partial charge in [0.05, 0.1) is 19.7 Å². The molecular weight excluding hydrogens is 294 g/mol. The lowest BCUT2D eigenvalue weighted by molar-refractivity contribution is -0.140. The number of carbonyl (C=O) groups is 2. The van der Waals surface area contributed by atoms with E-state index in [4.69, 9.17) is 4.74 Å². The molecule has 2 aliphatic heterocycles. The number of amides is 2. The molecule has 0 spiro atoms. The number of para-hydroxylation sites is 1. The Bertz CT molecular complexity index is 590. The number of nitrogens with one attached hydrogen (secondary N) is 1. The second-order valence-corrected chi connectivity index (χ2v) is 5.97. The lowest BCUT2D eigenvalue weighted by atomic mass is 10.0. The molecule has 2 saturated heterocycles. The van der Waals surface area contributed by atoms with Crippen LogP contribution in [0.3, 0.4) is 0 Å². The summed E-state index contributed by atoms with van der Waals surface area (Å²) in [6.45, 7) is 2.98. The number of hydrogen-bond donors (Lipinski definition) is 1. The quantitative estimate of drug-likeness (QED) is 0.892. The van der Waals surface area contributed by atoms with Crippen molar-refractivity contribution in [2.24, 2.45) is 0 Å². The molecule has 1 aromatic rings. The Hall–Kier alpha value is -2.08. The summed E-state index contributed by atoms with van der Waals surface area (Å²) in [7, 11) is 1.64. The normalized spacial score (nSPS) is 21.6. The van der Waals surface area contributed by atoms with Crippen LogP contribution in [-0.4, -0.2) is 61.4 Å². The van der Waals surface area contributed by atoms with E-state index < -0.39 is 0 Å². The molecule has 2 aliphatic rings. The molecule has 2 amide bonds. The Morgan fingerprint density at radius 1 is 1.35 bits per heavy atom. The highest BCUT2D eigenvalue weighted by molar-refractivity contribution is 5.86. The molecule has 3 rings (SSSR count). The minimum atomic E-state index is -0.0647. The molecule has 6 heteroatoms. The van der Waals surface area contributed by atoms with Crippen LogP contribution >= 0.6 is 0 Å². The van der Waals surface area contributed by atoms with E-state index in [1.54, 1.807) is 12.0 Å². The molecule has 0 saturated carbocycles. The lowest BCUT2D eigenvalue weighted by Gasteiger charge is -2.37. The molecule has 0 unspecified atom stereocenters. The average Bonchev–Trinajstić information content (AvgIpc) is 2.99. The van der Waals surface area contributed by atoms with Crippen molar-refractivity contribution in [3.63, 3.8) is 0 Å². The van der Waals surface area contributed by atoms with Crippen molar-refractivity contribution in [1.82, 2.24) is 15.1 Å². The van der Waals surface area contributed by atoms with Gasteiger partial charge in [0.25, 0.3) is 0 Å². The van der Waals surface area contributed by atoms with Crippen molar-refractivity contribution in [2.75, 3.05) is 39.8 Å². The number of piperazine rings is 1. The predicted octanol–water partition coefficient (Wildman–Crippen LogP) is 0.790. The molecule has 1 atom stereocenters. The van der Waals surface area contributed by atoms with Gasteiger partial charge in [-0.3, -0.25) is 9.59 Å². The van der Waals surface area contributed by atoms with E-state index in [9.17, 15) is 9.59 Å². The zero-order valence-electron chi connectivity index (χ0n) is 13.5. The number of rotatable bonds is 4. The van der Waals surface area contributed by atoms with Crippen LogP contribution < -0.4 is 10.1 Å². The fourth-order valence-electron chi connectivity index (χ4n) is 3.35. The van der Waals surface area contributed by atoms with Gasteiger partial charge in [-0.1, -0.05) is 18.2 Å². The van der Waals surface area contributed by atoms with Crippen LogP contribution in [0.1, 0.15) is 24.4 Å². The van der Waals surface area contributed by atoms with E-state index in [0.717, 1.165) is 24.3 Å². The third-order valence-corrected chi connectivity index (χ3v) is 4.56. The van der Waals surface area contributed by atoms with Gasteiger partial charge >= 0.3 is 0 Å². The predicted molar refractivity (Wildman–Crippen MR) is 86.1 cm³/mol. The summed E-state index contributed by atoms with van der Waals surface area (Å²) in [4.78, 5) is 28.1. The molecule has 0 aromatic heterocycles. The summed E-state index contributed by atoms with van der Waals surface area (Å²) in [5, 5.41) is 3.34. The van der Waals surface area contributed by atoms with Crippen molar-refractivity contribution in [3.8, 4) is 5.75 Å². The standard InChI is InChI=1S/C17H23N3O3/c1-23-15-6-3-2-5-13(15)14-11-18-8-10-20(14)17(22)12-19-9-4-7-16(19)21/h2-3,5-6,14,18H,4,7-12H2,1H3/t14-/m0/s1. The fraction of sp³-hybridized carbons (Fsp3) is 0.529. The zero-order chi connectivity index (χ0) is 16.2. The SMILES string of the molecule is COc1ccccc1[C@@H]1CNCCN1C(=O)CN1CCCC1=O. The van der Waals surface area contributed by atoms with Crippen molar-refractivity contribution in [3.05, 3.63) is 29.8 Å². The summed E-state index contributed by atoms with van der Waals surface area (Å²) in [6, 6.07) is 7.73. The Morgan fingerprint density at radius 3 is 2.91 bits per heavy atom. The molecule has 2 heterocycles. The van der Waals surface area contributed by atoms with Gasteiger partial charge in [0.1, 0.15) is 5.75 Å². The third-order valence-electron chi connectivity index (χ3n) is 4.56. The minimum absolute atomic E-state index is 0.0117. The van der Waals surface area contributed by atoms with Crippen molar-refractivity contribution >= 4 is 11.8 Å². The van der Waals surface area contributed by atoms with Gasteiger partial charge in [0.15, 0.2) is 0 Å². The number of benzene rings is 1. The molecule has 0 aliphatic carbocycles. The number of methoxy groups -OCH3 is 1. The molecule has 124 valence electrons. The lowest BCUT2D eigenvalue weighted by Crippen LogP contribution is -2.51. The van der Waals surface area contributed by atoms with Gasteiger partial charge in [-0.05, 0) is 12.5 Å². The number of nitrogens with zero attached hydrogens (tertiary/aromatic N) is 2. The molecular formula is C17H23N3O3. The molecule has 6 nitrogen and oxygen atoms in total. The number of ether oxygens (including phenoxy) is 1. The second kappa shape index (κ2) is 7.00. The maximum Gasteiger partial charge on any atom is 0.242 e. The minimum Gasteiger partial charge on any atom is -0.496 e. The van der Waals surface area contributed by atoms with E-state index in [1.807, 2.05) is 29.2 Å². The zero-order valence-corrected chi connectivity index (χ0v) is 13.5. The highest BCUT2D eigenvalue weighted by Gasteiger charge is 2.32. The molecule has 1 aromatic carbocycles. The van der Waals surface area contributed by atoms with Crippen LogP contribution in [0.5, 0.6) is 5.75 Å². The van der Waals surface area contributed by atoms with Crippen molar-refractivity contribution < 1.29 is 14.3 Å². The summed E-state index contributed by atoms with van der Waals surface area (Å²) < 4.78 is 5.45. The van der Waals surface area contributed by atoms with Gasteiger partial charge in [0, 0.05) is 38.2 Å². The van der Waals surface area contributed by atoms with E-state index in [-0.39, 0.29) is 24.4 Å². The first-order valence-corrected chi connectivity index (χ1v) is 8.11. The molecule has 1 N–H and O–H groups in total. The molecule has 0 bridgehead atoms. The van der Waals surface area contributed by atoms with E-state index in [0.29, 0.717) is 26.1 Å². The molecule has 2 fully saturated rings. The molecule has 23 heavy (non-hydrogen) atoms. The summed E-state index contributed by atoms with van der Waals surface area (Å²) in [5.41, 5.74) is 1.00. The highest BCUT2D eigenvalue weighted by Crippen LogP contribution is 2.30. The van der Waals surface area contributed by atoms with Gasteiger partial charge in [-0.25, -0.2) is 0 Å². The highest BCUT2D eigenvalue weighted by atomic mass is 16.5. The van der Waals surface area contributed by atoms with E-state index in [2.05, 4.69) is 5.32 Å². The second-order valence-electron chi connectivity index (χ2n) is 5.97. The Labute approximate surface area is 136 Å². The largest absolute Gasteiger partial charge is 0.496 e. The Balaban J connectivity index is 1.78. The third kappa shape index (κ3) is 3.32. The van der Waals surface area contributed by atoms with Gasteiger partial charge < -0.3 is 19.9 Å². The van der Waals surface area contributed by atoms with Gasteiger partial charge in [-0.15, -0.1) is 0 Å². The summed E-state index contributed by atoms with van der Waals surface area (Å²) in [5.74, 6) is 0.885. The number of carbonyl (C=O) groups excluding carboxylic acids is 2. The average molecular weight is 317 g/mol. The first-order valence-electron chi connectivity index (χ1n) is 8.11. The van der Waals surface area contributed by atoms with Crippen LogP contribution in [0.25, 0.3) is 0 Å². The monoisotopic (exact) mass is 317 g/mol. The van der Waals surface area contributed by atoms with Crippen LogP contribution in [0.15, 0.2) is 24.3 Å². The van der Waals surface area contributed by atoms with E-state index >= 15 is 0 Å². The first-order chi connectivity index (χ1) is 11.2. The summed E-state index contributed by atoms with van der Waals surface area (Å²) >= 11 is 0. The number of hydrogen-bond acceptors (Lipinski definition) is 4. The Kier molecular flexibility index (Phi) is 4.81. The smallest absolute Gasteiger partial charge is 0.242 e.